The molecule has 0 aliphatic rings. The van der Waals surface area contributed by atoms with Crippen LogP contribution in [0.3, 0.4) is 0 Å². The molecule has 0 saturated carbocycles. The van der Waals surface area contributed by atoms with Gasteiger partial charge in [-0.15, -0.1) is 54.1 Å². The summed E-state index contributed by atoms with van der Waals surface area (Å²) in [6.45, 7) is 2.25. The van der Waals surface area contributed by atoms with Gasteiger partial charge in [0.1, 0.15) is 5.58 Å². The van der Waals surface area contributed by atoms with Crippen LogP contribution in [-0.2, 0) is 20.1 Å². The average Bonchev–Trinajstić information content (AvgIpc) is 3.59. The first kappa shape index (κ1) is 30.1. The van der Waals surface area contributed by atoms with Gasteiger partial charge >= 0.3 is 0 Å². The second-order valence-corrected chi connectivity index (χ2v) is 12.2. The Morgan fingerprint density at radius 3 is 2.31 bits per heavy atom. The zero-order chi connectivity index (χ0) is 36.5. The SMILES string of the molecule is Cc1cc2ccncc2c(-c2cccc3c2oc2c(-c4cc(-c5ccccc5)ccn4)[c-]ccc23)c1C.[2H]C([2H])([2H])c1ccc(-c2[c-]cccc2)nc1.[Ir]. The van der Waals surface area contributed by atoms with Crippen molar-refractivity contribution in [2.45, 2.75) is 20.7 Å². The van der Waals surface area contributed by atoms with Crippen LogP contribution in [0.2, 0.25) is 0 Å². The quantitative estimate of drug-likeness (QED) is 0.166. The molecule has 0 bridgehead atoms. The largest absolute Gasteiger partial charge is 0.500 e. The van der Waals surface area contributed by atoms with E-state index >= 15 is 0 Å². The number of hydrogen-bond acceptors (Lipinski definition) is 4. The van der Waals surface area contributed by atoms with E-state index < -0.39 is 6.85 Å². The maximum Gasteiger partial charge on any atom is 0.128 e. The summed E-state index contributed by atoms with van der Waals surface area (Å²) in [6.07, 6.45) is 7.05. The number of furan rings is 1. The van der Waals surface area contributed by atoms with Gasteiger partial charge in [-0.2, -0.15) is 0 Å². The number of aromatic nitrogens is 3. The first-order chi connectivity index (χ1) is 25.8. The molecule has 0 amide bonds. The Hall–Kier alpha value is -5.74. The van der Waals surface area contributed by atoms with Crippen molar-refractivity contribution in [3.8, 4) is 44.8 Å². The minimum atomic E-state index is -2.09. The van der Waals surface area contributed by atoms with Crippen LogP contribution in [0.15, 0.2) is 151 Å². The monoisotopic (exact) mass is 839 g/mol. The Morgan fingerprint density at radius 2 is 1.51 bits per heavy atom. The van der Waals surface area contributed by atoms with E-state index in [1.54, 1.807) is 18.2 Å². The summed E-state index contributed by atoms with van der Waals surface area (Å²) in [7, 11) is 0. The smallest absolute Gasteiger partial charge is 0.128 e. The molecule has 9 rings (SSSR count). The maximum atomic E-state index is 7.23. The molecule has 0 unspecified atom stereocenters. The molecule has 5 aromatic carbocycles. The third kappa shape index (κ3) is 6.62. The number of hydrogen-bond donors (Lipinski definition) is 0. The molecular weight excluding hydrogens is 803 g/mol. The van der Waals surface area contributed by atoms with Crippen molar-refractivity contribution in [2.24, 2.45) is 0 Å². The van der Waals surface area contributed by atoms with Gasteiger partial charge in [-0.1, -0.05) is 83.7 Å². The predicted octanol–water partition coefficient (Wildman–Crippen LogP) is 11.8. The molecule has 0 aliphatic carbocycles. The molecule has 9 aromatic rings. The summed E-state index contributed by atoms with van der Waals surface area (Å²) in [5.41, 5.74) is 12.2. The van der Waals surface area contributed by atoms with Crippen LogP contribution in [0.5, 0.6) is 0 Å². The Morgan fingerprint density at radius 1 is 0.647 bits per heavy atom. The predicted molar refractivity (Wildman–Crippen MR) is 205 cm³/mol. The van der Waals surface area contributed by atoms with Gasteiger partial charge in [0.05, 0.1) is 5.58 Å². The van der Waals surface area contributed by atoms with E-state index in [1.165, 1.54) is 28.3 Å². The van der Waals surface area contributed by atoms with Crippen LogP contribution in [0, 0.1) is 32.8 Å². The number of aryl methyl sites for hydroxylation is 2. The number of para-hydroxylation sites is 1. The molecule has 249 valence electrons. The number of nitrogens with zero attached hydrogens (tertiary/aromatic N) is 3. The van der Waals surface area contributed by atoms with Crippen LogP contribution in [0.4, 0.5) is 0 Å². The van der Waals surface area contributed by atoms with Gasteiger partial charge in [0.25, 0.3) is 0 Å². The van der Waals surface area contributed by atoms with Gasteiger partial charge in [-0.25, -0.2) is 0 Å². The molecule has 1 radical (unpaired) electrons. The van der Waals surface area contributed by atoms with E-state index in [9.17, 15) is 0 Å². The van der Waals surface area contributed by atoms with Crippen molar-refractivity contribution in [2.75, 3.05) is 0 Å². The average molecular weight is 839 g/mol. The molecule has 0 N–H and O–H groups in total. The number of benzene rings is 5. The zero-order valence-corrected chi connectivity index (χ0v) is 30.3. The normalized spacial score (nSPS) is 12.0. The summed E-state index contributed by atoms with van der Waals surface area (Å²) in [4.78, 5) is 13.3. The minimum absolute atomic E-state index is 0. The molecule has 4 nitrogen and oxygen atoms in total. The molecule has 0 aliphatic heterocycles. The molecule has 4 aromatic heterocycles. The van der Waals surface area contributed by atoms with Crippen molar-refractivity contribution in [3.63, 3.8) is 0 Å². The summed E-state index contributed by atoms with van der Waals surface area (Å²) < 4.78 is 28.4. The topological polar surface area (TPSA) is 51.8 Å². The van der Waals surface area contributed by atoms with Crippen molar-refractivity contribution in [1.82, 2.24) is 15.0 Å². The first-order valence-electron chi connectivity index (χ1n) is 17.9. The van der Waals surface area contributed by atoms with Crippen molar-refractivity contribution in [3.05, 3.63) is 175 Å². The van der Waals surface area contributed by atoms with Crippen LogP contribution in [0.25, 0.3) is 77.5 Å². The van der Waals surface area contributed by atoms with E-state index in [2.05, 4.69) is 103 Å². The standard InChI is InChI=1S/C34H23N2O.C12H10N.Ir/c1-21-18-25-14-16-35-20-30(25)32(22(21)2)29-13-7-11-27-26-10-6-12-28(33(26)37-34(27)29)31-19-24(15-17-36-31)23-8-4-3-5-9-23;1-10-7-8-12(13-9-10)11-5-3-2-4-6-11;/h3-11,13-20H,1-2H3;2-5,7-9H,1H3;/q2*-1;/i;1D3;. The Bertz CT molecular complexity index is 2730. The van der Waals surface area contributed by atoms with Gasteiger partial charge < -0.3 is 14.4 Å². The van der Waals surface area contributed by atoms with Gasteiger partial charge in [-0.3, -0.25) is 4.98 Å². The number of rotatable bonds is 4. The van der Waals surface area contributed by atoms with Crippen molar-refractivity contribution in [1.29, 1.82) is 0 Å². The third-order valence-electron chi connectivity index (χ3n) is 9.06. The van der Waals surface area contributed by atoms with E-state index in [0.29, 0.717) is 0 Å². The van der Waals surface area contributed by atoms with Crippen LogP contribution < -0.4 is 0 Å². The molecule has 0 saturated heterocycles. The second-order valence-electron chi connectivity index (χ2n) is 12.2. The van der Waals surface area contributed by atoms with Crippen LogP contribution in [0.1, 0.15) is 20.8 Å². The number of pyridine rings is 3. The first-order valence-corrected chi connectivity index (χ1v) is 16.4. The Balaban J connectivity index is 0.000000223. The summed E-state index contributed by atoms with van der Waals surface area (Å²) in [5.74, 6) is 0. The molecule has 4 heterocycles. The fourth-order valence-corrected chi connectivity index (χ4v) is 6.46. The van der Waals surface area contributed by atoms with Crippen LogP contribution in [-0.4, -0.2) is 15.0 Å². The van der Waals surface area contributed by atoms with E-state index in [-0.39, 0.29) is 25.7 Å². The zero-order valence-electron chi connectivity index (χ0n) is 30.9. The van der Waals surface area contributed by atoms with Gasteiger partial charge in [0.2, 0.25) is 0 Å². The van der Waals surface area contributed by atoms with E-state index in [1.807, 2.05) is 55.0 Å². The molecule has 0 atom stereocenters. The van der Waals surface area contributed by atoms with Crippen molar-refractivity contribution >= 4 is 32.7 Å². The molecule has 5 heteroatoms. The third-order valence-corrected chi connectivity index (χ3v) is 9.06. The van der Waals surface area contributed by atoms with Gasteiger partial charge in [0, 0.05) is 65.3 Å². The Kier molecular flexibility index (Phi) is 8.63. The Labute approximate surface area is 315 Å². The summed E-state index contributed by atoms with van der Waals surface area (Å²) in [6, 6.07) is 46.4. The molecular formula is C46H33IrN3O-2. The van der Waals surface area contributed by atoms with Crippen molar-refractivity contribution < 1.29 is 28.6 Å². The maximum absolute atomic E-state index is 7.23. The van der Waals surface area contributed by atoms with E-state index in [4.69, 9.17) is 13.5 Å². The molecule has 51 heavy (non-hydrogen) atoms. The minimum Gasteiger partial charge on any atom is -0.500 e. The summed E-state index contributed by atoms with van der Waals surface area (Å²) in [5, 5.41) is 4.45. The summed E-state index contributed by atoms with van der Waals surface area (Å²) >= 11 is 0. The molecule has 0 fully saturated rings. The second kappa shape index (κ2) is 14.6. The number of fused-ring (bicyclic) bond motifs is 4. The fourth-order valence-electron chi connectivity index (χ4n) is 6.46. The van der Waals surface area contributed by atoms with E-state index in [0.717, 1.165) is 66.5 Å². The molecule has 0 spiro atoms. The van der Waals surface area contributed by atoms with Crippen LogP contribution >= 0.6 is 0 Å². The van der Waals surface area contributed by atoms with Gasteiger partial charge in [-0.05, 0) is 83.0 Å². The fraction of sp³-hybridized carbons (Fsp3) is 0.0652. The van der Waals surface area contributed by atoms with Gasteiger partial charge in [0.15, 0.2) is 0 Å².